The molecule has 37 heavy (non-hydrogen) atoms. The van der Waals surface area contributed by atoms with Gasteiger partial charge in [-0.25, -0.2) is 13.9 Å². The van der Waals surface area contributed by atoms with E-state index in [0.717, 1.165) is 17.7 Å². The number of amides is 2. The lowest BCUT2D eigenvalue weighted by molar-refractivity contribution is -0.117. The Morgan fingerprint density at radius 1 is 1.08 bits per heavy atom. The van der Waals surface area contributed by atoms with Crippen molar-refractivity contribution < 1.29 is 9.59 Å². The number of aromatic nitrogens is 4. The molecule has 2 amide bonds. The molecule has 1 N–H and O–H groups in total. The summed E-state index contributed by atoms with van der Waals surface area (Å²) in [6.07, 6.45) is 2.10. The first-order chi connectivity index (χ1) is 17.8. The number of nitrogens with one attached hydrogen (secondary N) is 1. The van der Waals surface area contributed by atoms with Gasteiger partial charge in [0.15, 0.2) is 0 Å². The summed E-state index contributed by atoms with van der Waals surface area (Å²) in [7, 11) is 0. The van der Waals surface area contributed by atoms with E-state index in [-0.39, 0.29) is 35.7 Å². The lowest BCUT2D eigenvalue weighted by Crippen LogP contribution is -2.30. The molecule has 5 rings (SSSR count). The normalized spacial score (nSPS) is 13.8. The van der Waals surface area contributed by atoms with Gasteiger partial charge in [0.2, 0.25) is 11.7 Å². The van der Waals surface area contributed by atoms with Crippen LogP contribution in [0.4, 0.5) is 5.69 Å². The van der Waals surface area contributed by atoms with Crippen molar-refractivity contribution in [2.45, 2.75) is 59.2 Å². The second kappa shape index (κ2) is 9.68. The third kappa shape index (κ3) is 4.43. The number of rotatable bonds is 7. The van der Waals surface area contributed by atoms with Crippen molar-refractivity contribution >= 4 is 34.2 Å². The number of carbonyl (C=O) groups is 2. The van der Waals surface area contributed by atoms with Gasteiger partial charge in [-0.15, -0.1) is 5.10 Å². The molecule has 192 valence electrons. The fourth-order valence-corrected chi connectivity index (χ4v) is 4.81. The zero-order chi connectivity index (χ0) is 26.3. The summed E-state index contributed by atoms with van der Waals surface area (Å²) in [6.45, 7) is 7.00. The van der Waals surface area contributed by atoms with Gasteiger partial charge in [-0.2, -0.15) is 0 Å². The Bertz CT molecular complexity index is 1630. The van der Waals surface area contributed by atoms with Crippen LogP contribution in [0, 0.1) is 0 Å². The lowest BCUT2D eigenvalue weighted by Gasteiger charge is -2.15. The standard InChI is InChI=1S/C27H30N6O4/c1-4-13-31-25(36)21-12-9-19(24(35)28-17(2)3)15-22(21)33-26(31)29-32(27(33)37)16-18-7-10-20(11-8-18)30-14-5-6-23(30)34/h7-12,15,17H,4-6,13-14,16H2,1-3H3,(H,28,35). The molecule has 0 aliphatic carbocycles. The molecule has 1 saturated heterocycles. The summed E-state index contributed by atoms with van der Waals surface area (Å²) >= 11 is 0. The predicted molar refractivity (Wildman–Crippen MR) is 141 cm³/mol. The van der Waals surface area contributed by atoms with Crippen LogP contribution in [0.2, 0.25) is 0 Å². The molecule has 1 aliphatic rings. The molecule has 0 spiro atoms. The number of anilines is 1. The molecule has 2 aromatic heterocycles. The summed E-state index contributed by atoms with van der Waals surface area (Å²) in [5.41, 5.74) is 1.74. The van der Waals surface area contributed by atoms with Crippen molar-refractivity contribution in [1.82, 2.24) is 24.1 Å². The van der Waals surface area contributed by atoms with Gasteiger partial charge >= 0.3 is 5.69 Å². The van der Waals surface area contributed by atoms with Gasteiger partial charge in [0.1, 0.15) is 0 Å². The van der Waals surface area contributed by atoms with Crippen molar-refractivity contribution in [2.75, 3.05) is 11.4 Å². The molecule has 4 aromatic rings. The van der Waals surface area contributed by atoms with Gasteiger partial charge in [-0.1, -0.05) is 19.1 Å². The number of hydrogen-bond acceptors (Lipinski definition) is 5. The van der Waals surface area contributed by atoms with Gasteiger partial charge in [-0.05, 0) is 62.6 Å². The Labute approximate surface area is 213 Å². The minimum absolute atomic E-state index is 0.0544. The fraction of sp³-hybridized carbons (Fsp3) is 0.370. The number of benzene rings is 2. The number of carbonyl (C=O) groups excluding carboxylic acids is 2. The Hall–Kier alpha value is -4.21. The molecular formula is C27H30N6O4. The summed E-state index contributed by atoms with van der Waals surface area (Å²) in [5, 5.41) is 7.73. The highest BCUT2D eigenvalue weighted by molar-refractivity contribution is 5.98. The van der Waals surface area contributed by atoms with Gasteiger partial charge < -0.3 is 10.2 Å². The third-order valence-corrected chi connectivity index (χ3v) is 6.56. The first kappa shape index (κ1) is 24.5. The molecule has 0 unspecified atom stereocenters. The maximum atomic E-state index is 13.6. The number of hydrogen-bond donors (Lipinski definition) is 1. The number of fused-ring (bicyclic) bond motifs is 3. The van der Waals surface area contributed by atoms with Crippen molar-refractivity contribution in [3.05, 3.63) is 74.4 Å². The van der Waals surface area contributed by atoms with E-state index >= 15 is 0 Å². The summed E-state index contributed by atoms with van der Waals surface area (Å²) in [6, 6.07) is 12.2. The van der Waals surface area contributed by atoms with E-state index in [1.807, 2.05) is 45.0 Å². The Morgan fingerprint density at radius 2 is 1.84 bits per heavy atom. The van der Waals surface area contributed by atoms with Crippen LogP contribution in [0.5, 0.6) is 0 Å². The van der Waals surface area contributed by atoms with Gasteiger partial charge in [0, 0.05) is 36.8 Å². The van der Waals surface area contributed by atoms with Crippen molar-refractivity contribution in [3.8, 4) is 0 Å². The van der Waals surface area contributed by atoms with Gasteiger partial charge in [-0.3, -0.25) is 19.0 Å². The molecule has 0 saturated carbocycles. The lowest BCUT2D eigenvalue weighted by atomic mass is 10.1. The molecule has 1 fully saturated rings. The van der Waals surface area contributed by atoms with Gasteiger partial charge in [0.05, 0.1) is 17.4 Å². The van der Waals surface area contributed by atoms with E-state index in [1.165, 1.54) is 13.6 Å². The molecular weight excluding hydrogens is 472 g/mol. The van der Waals surface area contributed by atoms with E-state index < -0.39 is 5.69 Å². The van der Waals surface area contributed by atoms with E-state index in [9.17, 15) is 19.2 Å². The maximum absolute atomic E-state index is 13.6. The Kier molecular flexibility index (Phi) is 6.41. The third-order valence-electron chi connectivity index (χ3n) is 6.56. The van der Waals surface area contributed by atoms with E-state index in [0.29, 0.717) is 42.4 Å². The maximum Gasteiger partial charge on any atom is 0.352 e. The van der Waals surface area contributed by atoms with Crippen LogP contribution in [0.1, 0.15) is 56.0 Å². The fourth-order valence-electron chi connectivity index (χ4n) is 4.81. The second-order valence-corrected chi connectivity index (χ2v) is 9.71. The molecule has 0 radical (unpaired) electrons. The van der Waals surface area contributed by atoms with Crippen LogP contribution in [0.15, 0.2) is 52.1 Å². The first-order valence-corrected chi connectivity index (χ1v) is 12.6. The van der Waals surface area contributed by atoms with E-state index in [1.54, 1.807) is 23.1 Å². The monoisotopic (exact) mass is 502 g/mol. The van der Waals surface area contributed by atoms with Crippen molar-refractivity contribution in [2.24, 2.45) is 0 Å². The Morgan fingerprint density at radius 3 is 2.49 bits per heavy atom. The summed E-state index contributed by atoms with van der Waals surface area (Å²) in [4.78, 5) is 53.4. The van der Waals surface area contributed by atoms with Crippen LogP contribution in [-0.2, 0) is 17.9 Å². The molecule has 0 atom stereocenters. The van der Waals surface area contributed by atoms with Crippen molar-refractivity contribution in [1.29, 1.82) is 0 Å². The van der Waals surface area contributed by atoms with Crippen LogP contribution >= 0.6 is 0 Å². The molecule has 10 heteroatoms. The topological polar surface area (TPSA) is 111 Å². The first-order valence-electron chi connectivity index (χ1n) is 12.6. The predicted octanol–water partition coefficient (Wildman–Crippen LogP) is 2.53. The Balaban J connectivity index is 1.60. The van der Waals surface area contributed by atoms with E-state index in [2.05, 4.69) is 10.4 Å². The van der Waals surface area contributed by atoms with Crippen LogP contribution < -0.4 is 21.5 Å². The molecule has 0 bridgehead atoms. The van der Waals surface area contributed by atoms with Gasteiger partial charge in [0.25, 0.3) is 11.5 Å². The number of aryl methyl sites for hydroxylation is 1. The highest BCUT2D eigenvalue weighted by Gasteiger charge is 2.22. The highest BCUT2D eigenvalue weighted by Crippen LogP contribution is 2.22. The summed E-state index contributed by atoms with van der Waals surface area (Å²) < 4.78 is 4.25. The van der Waals surface area contributed by atoms with E-state index in [4.69, 9.17) is 0 Å². The minimum atomic E-state index is -0.398. The molecule has 3 heterocycles. The molecule has 10 nitrogen and oxygen atoms in total. The van der Waals surface area contributed by atoms with Crippen LogP contribution in [0.3, 0.4) is 0 Å². The zero-order valence-corrected chi connectivity index (χ0v) is 21.2. The van der Waals surface area contributed by atoms with Crippen LogP contribution in [-0.4, -0.2) is 43.1 Å². The highest BCUT2D eigenvalue weighted by atomic mass is 16.2. The minimum Gasteiger partial charge on any atom is -0.350 e. The van der Waals surface area contributed by atoms with Crippen LogP contribution in [0.25, 0.3) is 16.7 Å². The SMILES string of the molecule is CCCn1c(=O)c2ccc(C(=O)NC(C)C)cc2n2c(=O)n(Cc3ccc(N4CCCC4=O)cc3)nc12. The second-order valence-electron chi connectivity index (χ2n) is 9.71. The smallest absolute Gasteiger partial charge is 0.350 e. The largest absolute Gasteiger partial charge is 0.352 e. The molecule has 2 aromatic carbocycles. The number of nitrogens with zero attached hydrogens (tertiary/aromatic N) is 5. The molecule has 1 aliphatic heterocycles. The summed E-state index contributed by atoms with van der Waals surface area (Å²) in [5.74, 6) is 0.0800. The van der Waals surface area contributed by atoms with Crippen molar-refractivity contribution in [3.63, 3.8) is 0 Å². The quantitative estimate of drug-likeness (QED) is 0.418. The average molecular weight is 503 g/mol. The zero-order valence-electron chi connectivity index (χ0n) is 21.2. The average Bonchev–Trinajstić information content (AvgIpc) is 3.44.